The van der Waals surface area contributed by atoms with Gasteiger partial charge in [-0.2, -0.15) is 0 Å². The van der Waals surface area contributed by atoms with Crippen molar-refractivity contribution < 1.29 is 4.79 Å². The normalized spacial score (nSPS) is 15.5. The van der Waals surface area contributed by atoms with Crippen LogP contribution in [0.25, 0.3) is 0 Å². The standard InChI is InChI=1S/C9H17NO/c1-4-6-8(11)9(3,5-2)7-10/h4H,1,5-7,10H2,2-3H3. The van der Waals surface area contributed by atoms with Crippen LogP contribution in [0.5, 0.6) is 0 Å². The van der Waals surface area contributed by atoms with Crippen molar-refractivity contribution >= 4 is 5.78 Å². The highest BCUT2D eigenvalue weighted by molar-refractivity contribution is 5.85. The van der Waals surface area contributed by atoms with E-state index in [9.17, 15) is 4.79 Å². The van der Waals surface area contributed by atoms with Gasteiger partial charge >= 0.3 is 0 Å². The minimum atomic E-state index is -0.339. The van der Waals surface area contributed by atoms with E-state index in [4.69, 9.17) is 5.73 Å². The lowest BCUT2D eigenvalue weighted by Gasteiger charge is -2.23. The van der Waals surface area contributed by atoms with Gasteiger partial charge in [-0.1, -0.05) is 19.9 Å². The molecular formula is C9H17NO. The van der Waals surface area contributed by atoms with Crippen LogP contribution in [0.4, 0.5) is 0 Å². The van der Waals surface area contributed by atoms with Crippen LogP contribution in [0.1, 0.15) is 26.7 Å². The molecule has 1 atom stereocenters. The second-order valence-corrected chi connectivity index (χ2v) is 3.03. The van der Waals surface area contributed by atoms with Gasteiger partial charge < -0.3 is 5.73 Å². The summed E-state index contributed by atoms with van der Waals surface area (Å²) in [5.74, 6) is 0.192. The molecule has 0 amide bonds. The molecule has 0 aliphatic heterocycles. The van der Waals surface area contributed by atoms with Gasteiger partial charge in [0.25, 0.3) is 0 Å². The van der Waals surface area contributed by atoms with E-state index < -0.39 is 0 Å². The number of rotatable bonds is 5. The fourth-order valence-electron chi connectivity index (χ4n) is 0.833. The first kappa shape index (κ1) is 10.4. The van der Waals surface area contributed by atoms with Crippen LogP contribution in [0.3, 0.4) is 0 Å². The zero-order valence-corrected chi connectivity index (χ0v) is 7.39. The van der Waals surface area contributed by atoms with Gasteiger partial charge in [0.05, 0.1) is 0 Å². The summed E-state index contributed by atoms with van der Waals surface area (Å²) in [5, 5.41) is 0. The predicted molar refractivity (Wildman–Crippen MR) is 47.3 cm³/mol. The van der Waals surface area contributed by atoms with Crippen LogP contribution in [-0.2, 0) is 4.79 Å². The van der Waals surface area contributed by atoms with Crippen molar-refractivity contribution in [3.63, 3.8) is 0 Å². The van der Waals surface area contributed by atoms with Crippen LogP contribution in [0.15, 0.2) is 12.7 Å². The summed E-state index contributed by atoms with van der Waals surface area (Å²) in [7, 11) is 0. The second kappa shape index (κ2) is 4.29. The van der Waals surface area contributed by atoms with Crippen LogP contribution in [-0.4, -0.2) is 12.3 Å². The third kappa shape index (κ3) is 2.46. The van der Waals surface area contributed by atoms with E-state index in [-0.39, 0.29) is 11.2 Å². The first-order chi connectivity index (χ1) is 5.10. The molecule has 0 aliphatic rings. The summed E-state index contributed by atoms with van der Waals surface area (Å²) in [5.41, 5.74) is 5.15. The predicted octanol–water partition coefficient (Wildman–Crippen LogP) is 1.51. The molecule has 0 aliphatic carbocycles. The zero-order valence-electron chi connectivity index (χ0n) is 7.39. The zero-order chi connectivity index (χ0) is 8.91. The molecule has 0 saturated carbocycles. The average molecular weight is 155 g/mol. The van der Waals surface area contributed by atoms with E-state index in [2.05, 4.69) is 6.58 Å². The van der Waals surface area contributed by atoms with E-state index in [0.717, 1.165) is 6.42 Å². The van der Waals surface area contributed by atoms with Gasteiger partial charge in [0.15, 0.2) is 0 Å². The van der Waals surface area contributed by atoms with Gasteiger partial charge in [-0.15, -0.1) is 6.58 Å². The van der Waals surface area contributed by atoms with E-state index in [1.807, 2.05) is 13.8 Å². The molecule has 2 heteroatoms. The van der Waals surface area contributed by atoms with Crippen molar-refractivity contribution in [2.24, 2.45) is 11.1 Å². The molecule has 0 aromatic carbocycles. The Morgan fingerprint density at radius 1 is 1.73 bits per heavy atom. The van der Waals surface area contributed by atoms with E-state index in [1.165, 1.54) is 0 Å². The number of allylic oxidation sites excluding steroid dienone is 1. The van der Waals surface area contributed by atoms with Gasteiger partial charge in [-0.25, -0.2) is 0 Å². The molecule has 0 rings (SSSR count). The smallest absolute Gasteiger partial charge is 0.143 e. The Morgan fingerprint density at radius 3 is 2.55 bits per heavy atom. The molecule has 11 heavy (non-hydrogen) atoms. The Balaban J connectivity index is 4.23. The third-order valence-electron chi connectivity index (χ3n) is 2.23. The maximum absolute atomic E-state index is 11.4. The number of hydrogen-bond acceptors (Lipinski definition) is 2. The molecule has 2 N–H and O–H groups in total. The lowest BCUT2D eigenvalue weighted by Crippen LogP contribution is -2.34. The first-order valence-corrected chi connectivity index (χ1v) is 3.95. The van der Waals surface area contributed by atoms with Crippen molar-refractivity contribution in [1.29, 1.82) is 0 Å². The number of carbonyl (C=O) groups excluding carboxylic acids is 1. The Morgan fingerprint density at radius 2 is 2.27 bits per heavy atom. The molecular weight excluding hydrogens is 138 g/mol. The van der Waals surface area contributed by atoms with Crippen molar-refractivity contribution in [2.45, 2.75) is 26.7 Å². The fourth-order valence-corrected chi connectivity index (χ4v) is 0.833. The van der Waals surface area contributed by atoms with Crippen molar-refractivity contribution in [3.05, 3.63) is 12.7 Å². The van der Waals surface area contributed by atoms with E-state index in [0.29, 0.717) is 13.0 Å². The number of hydrogen-bond donors (Lipinski definition) is 1. The quantitative estimate of drug-likeness (QED) is 0.611. The van der Waals surface area contributed by atoms with E-state index in [1.54, 1.807) is 6.08 Å². The van der Waals surface area contributed by atoms with Gasteiger partial charge in [-0.05, 0) is 6.42 Å². The van der Waals surface area contributed by atoms with Crippen LogP contribution in [0, 0.1) is 5.41 Å². The maximum Gasteiger partial charge on any atom is 0.143 e. The fraction of sp³-hybridized carbons (Fsp3) is 0.667. The van der Waals surface area contributed by atoms with Crippen LogP contribution >= 0.6 is 0 Å². The Kier molecular flexibility index (Phi) is 4.04. The molecule has 0 bridgehead atoms. The number of ketones is 1. The molecule has 64 valence electrons. The number of Topliss-reactive ketones (excluding diaryl/α,β-unsaturated/α-hetero) is 1. The van der Waals surface area contributed by atoms with Gasteiger partial charge in [0, 0.05) is 18.4 Å². The van der Waals surface area contributed by atoms with Gasteiger partial charge in [-0.3, -0.25) is 4.79 Å². The van der Waals surface area contributed by atoms with Crippen LogP contribution in [0.2, 0.25) is 0 Å². The number of nitrogens with two attached hydrogens (primary N) is 1. The van der Waals surface area contributed by atoms with Gasteiger partial charge in [0.2, 0.25) is 0 Å². The van der Waals surface area contributed by atoms with Crippen molar-refractivity contribution in [1.82, 2.24) is 0 Å². The van der Waals surface area contributed by atoms with E-state index >= 15 is 0 Å². The minimum absolute atomic E-state index is 0.192. The van der Waals surface area contributed by atoms with Crippen LogP contribution < -0.4 is 5.73 Å². The highest BCUT2D eigenvalue weighted by atomic mass is 16.1. The maximum atomic E-state index is 11.4. The summed E-state index contributed by atoms with van der Waals surface area (Å²) in [6.45, 7) is 7.83. The topological polar surface area (TPSA) is 43.1 Å². The molecule has 1 unspecified atom stereocenters. The molecule has 0 fully saturated rings. The molecule has 0 aromatic heterocycles. The molecule has 0 saturated heterocycles. The lowest BCUT2D eigenvalue weighted by atomic mass is 9.82. The monoisotopic (exact) mass is 155 g/mol. The molecule has 0 heterocycles. The highest BCUT2D eigenvalue weighted by Gasteiger charge is 2.27. The minimum Gasteiger partial charge on any atom is -0.329 e. The summed E-state index contributed by atoms with van der Waals surface area (Å²) in [6.07, 6.45) is 2.86. The highest BCUT2D eigenvalue weighted by Crippen LogP contribution is 2.21. The first-order valence-electron chi connectivity index (χ1n) is 3.95. The summed E-state index contributed by atoms with van der Waals surface area (Å²) >= 11 is 0. The third-order valence-corrected chi connectivity index (χ3v) is 2.23. The molecule has 0 radical (unpaired) electrons. The number of carbonyl (C=O) groups is 1. The van der Waals surface area contributed by atoms with Crippen molar-refractivity contribution in [2.75, 3.05) is 6.54 Å². The summed E-state index contributed by atoms with van der Waals surface area (Å²) in [6, 6.07) is 0. The largest absolute Gasteiger partial charge is 0.329 e. The Hall–Kier alpha value is -0.630. The molecule has 0 aromatic rings. The second-order valence-electron chi connectivity index (χ2n) is 3.03. The average Bonchev–Trinajstić information content (AvgIpc) is 2.03. The molecule has 0 spiro atoms. The van der Waals surface area contributed by atoms with Gasteiger partial charge in [0.1, 0.15) is 5.78 Å². The SMILES string of the molecule is C=CCC(=O)C(C)(CC)CN. The summed E-state index contributed by atoms with van der Waals surface area (Å²) < 4.78 is 0. The summed E-state index contributed by atoms with van der Waals surface area (Å²) in [4.78, 5) is 11.4. The molecule has 2 nitrogen and oxygen atoms in total. The Bertz CT molecular complexity index is 148. The lowest BCUT2D eigenvalue weighted by molar-refractivity contribution is -0.126. The van der Waals surface area contributed by atoms with Crippen molar-refractivity contribution in [3.8, 4) is 0 Å². The Labute approximate surface area is 68.5 Å².